The van der Waals surface area contributed by atoms with Crippen molar-refractivity contribution in [3.05, 3.63) is 24.3 Å². The molecule has 1 saturated heterocycles. The van der Waals surface area contributed by atoms with Crippen LogP contribution in [-0.2, 0) is 0 Å². The lowest BCUT2D eigenvalue weighted by atomic mass is 10.00. The van der Waals surface area contributed by atoms with Gasteiger partial charge in [-0.05, 0) is 43.0 Å². The Bertz CT molecular complexity index is 294. The molecule has 0 aromatic heterocycles. The van der Waals surface area contributed by atoms with E-state index in [1.54, 1.807) is 12.1 Å². The molecular formula is C12H17NO. The fraction of sp³-hybridized carbons (Fsp3) is 0.500. The van der Waals surface area contributed by atoms with Crippen LogP contribution in [0.2, 0.25) is 0 Å². The van der Waals surface area contributed by atoms with Crippen LogP contribution in [0.4, 0.5) is 5.69 Å². The predicted octanol–water partition coefficient (Wildman–Crippen LogP) is 2.63. The van der Waals surface area contributed by atoms with Crippen molar-refractivity contribution in [1.29, 1.82) is 0 Å². The van der Waals surface area contributed by atoms with E-state index < -0.39 is 0 Å². The molecule has 1 aromatic carbocycles. The zero-order valence-electron chi connectivity index (χ0n) is 8.61. The zero-order valence-corrected chi connectivity index (χ0v) is 8.61. The average Bonchev–Trinajstić information content (AvgIpc) is 2.19. The van der Waals surface area contributed by atoms with Gasteiger partial charge in [0.1, 0.15) is 5.75 Å². The summed E-state index contributed by atoms with van der Waals surface area (Å²) in [7, 11) is 0. The van der Waals surface area contributed by atoms with Gasteiger partial charge in [0.2, 0.25) is 0 Å². The first kappa shape index (κ1) is 9.38. The van der Waals surface area contributed by atoms with Crippen molar-refractivity contribution >= 4 is 5.69 Å². The number of rotatable bonds is 1. The van der Waals surface area contributed by atoms with Gasteiger partial charge in [-0.25, -0.2) is 0 Å². The molecule has 0 radical (unpaired) electrons. The third kappa shape index (κ3) is 2.00. The second-order valence-corrected chi connectivity index (χ2v) is 4.21. The standard InChI is InChI=1S/C12H17NO/c1-10-3-2-8-13(9-10)11-4-6-12(14)7-5-11/h4-7,10,14H,2-3,8-9H2,1H3/t10-/m1/s1. The Hall–Kier alpha value is -1.18. The summed E-state index contributed by atoms with van der Waals surface area (Å²) < 4.78 is 0. The Balaban J connectivity index is 2.10. The molecule has 1 heterocycles. The van der Waals surface area contributed by atoms with Gasteiger partial charge in [-0.15, -0.1) is 0 Å². The molecule has 0 unspecified atom stereocenters. The van der Waals surface area contributed by atoms with Crippen LogP contribution >= 0.6 is 0 Å². The molecule has 2 heteroatoms. The number of phenolic OH excluding ortho intramolecular Hbond substituents is 1. The molecule has 1 aliphatic heterocycles. The summed E-state index contributed by atoms with van der Waals surface area (Å²) in [6, 6.07) is 7.50. The van der Waals surface area contributed by atoms with Gasteiger partial charge in [-0.2, -0.15) is 0 Å². The number of aromatic hydroxyl groups is 1. The van der Waals surface area contributed by atoms with Crippen LogP contribution in [0.1, 0.15) is 19.8 Å². The summed E-state index contributed by atoms with van der Waals surface area (Å²) in [5.41, 5.74) is 1.23. The largest absolute Gasteiger partial charge is 0.508 e. The van der Waals surface area contributed by atoms with E-state index in [0.717, 1.165) is 19.0 Å². The minimum atomic E-state index is 0.346. The summed E-state index contributed by atoms with van der Waals surface area (Å²) in [6.07, 6.45) is 2.62. The first-order valence-corrected chi connectivity index (χ1v) is 5.29. The van der Waals surface area contributed by atoms with Crippen molar-refractivity contribution in [2.24, 2.45) is 5.92 Å². The van der Waals surface area contributed by atoms with Crippen molar-refractivity contribution in [3.63, 3.8) is 0 Å². The maximum Gasteiger partial charge on any atom is 0.115 e. The van der Waals surface area contributed by atoms with Gasteiger partial charge in [0, 0.05) is 18.8 Å². The van der Waals surface area contributed by atoms with Gasteiger partial charge in [-0.1, -0.05) is 6.92 Å². The average molecular weight is 191 g/mol. The number of piperidine rings is 1. The maximum atomic E-state index is 9.19. The van der Waals surface area contributed by atoms with Crippen LogP contribution in [0.5, 0.6) is 5.75 Å². The molecular weight excluding hydrogens is 174 g/mol. The summed E-state index contributed by atoms with van der Waals surface area (Å²) in [5, 5.41) is 9.19. The van der Waals surface area contributed by atoms with Gasteiger partial charge in [0.25, 0.3) is 0 Å². The topological polar surface area (TPSA) is 23.5 Å². The van der Waals surface area contributed by atoms with E-state index in [4.69, 9.17) is 0 Å². The number of phenols is 1. The van der Waals surface area contributed by atoms with Crippen molar-refractivity contribution in [2.75, 3.05) is 18.0 Å². The molecule has 76 valence electrons. The molecule has 14 heavy (non-hydrogen) atoms. The first-order chi connectivity index (χ1) is 6.75. The Labute approximate surface area is 85.2 Å². The Kier molecular flexibility index (Phi) is 2.62. The van der Waals surface area contributed by atoms with E-state index >= 15 is 0 Å². The minimum Gasteiger partial charge on any atom is -0.508 e. The highest BCUT2D eigenvalue weighted by Gasteiger charge is 2.16. The maximum absolute atomic E-state index is 9.19. The number of anilines is 1. The van der Waals surface area contributed by atoms with E-state index in [0.29, 0.717) is 5.75 Å². The van der Waals surface area contributed by atoms with Crippen LogP contribution in [0.15, 0.2) is 24.3 Å². The normalized spacial score (nSPS) is 22.4. The lowest BCUT2D eigenvalue weighted by molar-refractivity contribution is 0.446. The van der Waals surface area contributed by atoms with Crippen LogP contribution in [-0.4, -0.2) is 18.2 Å². The third-order valence-corrected chi connectivity index (χ3v) is 2.87. The minimum absolute atomic E-state index is 0.346. The molecule has 2 rings (SSSR count). The van der Waals surface area contributed by atoms with Crippen molar-refractivity contribution in [2.45, 2.75) is 19.8 Å². The lowest BCUT2D eigenvalue weighted by Crippen LogP contribution is -2.34. The third-order valence-electron chi connectivity index (χ3n) is 2.87. The number of hydrogen-bond acceptors (Lipinski definition) is 2. The number of benzene rings is 1. The fourth-order valence-electron chi connectivity index (χ4n) is 2.09. The monoisotopic (exact) mass is 191 g/mol. The smallest absolute Gasteiger partial charge is 0.115 e. The highest BCUT2D eigenvalue weighted by Crippen LogP contribution is 2.24. The van der Waals surface area contributed by atoms with E-state index in [1.165, 1.54) is 18.5 Å². The Morgan fingerprint density at radius 3 is 2.64 bits per heavy atom. The van der Waals surface area contributed by atoms with E-state index in [-0.39, 0.29) is 0 Å². The molecule has 1 aliphatic rings. The molecule has 2 nitrogen and oxygen atoms in total. The van der Waals surface area contributed by atoms with E-state index in [9.17, 15) is 5.11 Å². The summed E-state index contributed by atoms with van der Waals surface area (Å²) in [5.74, 6) is 1.14. The van der Waals surface area contributed by atoms with Crippen LogP contribution in [0, 0.1) is 5.92 Å². The second kappa shape index (κ2) is 3.91. The molecule has 1 atom stereocenters. The highest BCUT2D eigenvalue weighted by atomic mass is 16.3. The van der Waals surface area contributed by atoms with Gasteiger partial charge in [0.15, 0.2) is 0 Å². The zero-order chi connectivity index (χ0) is 9.97. The molecule has 0 bridgehead atoms. The van der Waals surface area contributed by atoms with Gasteiger partial charge >= 0.3 is 0 Å². The van der Waals surface area contributed by atoms with Crippen LogP contribution in [0.3, 0.4) is 0 Å². The molecule has 0 aliphatic carbocycles. The Morgan fingerprint density at radius 1 is 1.29 bits per heavy atom. The quantitative estimate of drug-likeness (QED) is 0.737. The van der Waals surface area contributed by atoms with Crippen molar-refractivity contribution in [1.82, 2.24) is 0 Å². The van der Waals surface area contributed by atoms with Gasteiger partial charge in [-0.3, -0.25) is 0 Å². The van der Waals surface area contributed by atoms with E-state index in [1.807, 2.05) is 12.1 Å². The molecule has 0 spiro atoms. The highest BCUT2D eigenvalue weighted by molar-refractivity contribution is 5.49. The summed E-state index contributed by atoms with van der Waals surface area (Å²) in [6.45, 7) is 4.59. The molecule has 1 fully saturated rings. The van der Waals surface area contributed by atoms with Crippen molar-refractivity contribution in [3.8, 4) is 5.75 Å². The SMILES string of the molecule is C[C@@H]1CCCN(c2ccc(O)cc2)C1. The van der Waals surface area contributed by atoms with Crippen LogP contribution < -0.4 is 4.90 Å². The lowest BCUT2D eigenvalue weighted by Gasteiger charge is -2.32. The van der Waals surface area contributed by atoms with Gasteiger partial charge < -0.3 is 10.0 Å². The molecule has 0 saturated carbocycles. The Morgan fingerprint density at radius 2 is 2.00 bits per heavy atom. The molecule has 1 aromatic rings. The van der Waals surface area contributed by atoms with Crippen LogP contribution in [0.25, 0.3) is 0 Å². The molecule has 0 amide bonds. The summed E-state index contributed by atoms with van der Waals surface area (Å²) in [4.78, 5) is 2.40. The fourth-order valence-corrected chi connectivity index (χ4v) is 2.09. The number of hydrogen-bond donors (Lipinski definition) is 1. The second-order valence-electron chi connectivity index (χ2n) is 4.21. The summed E-state index contributed by atoms with van der Waals surface area (Å²) >= 11 is 0. The van der Waals surface area contributed by atoms with Crippen molar-refractivity contribution < 1.29 is 5.11 Å². The number of nitrogens with zero attached hydrogens (tertiary/aromatic N) is 1. The predicted molar refractivity (Wildman–Crippen MR) is 58.7 cm³/mol. The molecule has 1 N–H and O–H groups in total. The first-order valence-electron chi connectivity index (χ1n) is 5.29. The van der Waals surface area contributed by atoms with Gasteiger partial charge in [0.05, 0.1) is 0 Å². The van der Waals surface area contributed by atoms with E-state index in [2.05, 4.69) is 11.8 Å².